The first-order valence-electron chi connectivity index (χ1n) is 9.57. The first kappa shape index (κ1) is 21.5. The Morgan fingerprint density at radius 3 is 2.28 bits per heavy atom. The summed E-state index contributed by atoms with van der Waals surface area (Å²) < 4.78 is 43.6. The second-order valence-corrected chi connectivity index (χ2v) is 6.71. The lowest BCUT2D eigenvalue weighted by Crippen LogP contribution is -2.15. The molecule has 0 aliphatic carbocycles. The van der Waals surface area contributed by atoms with Gasteiger partial charge < -0.3 is 9.73 Å². The standard InChI is InChI=1S/C22H18F3N5O2/c23-22(24,25)17-8-6-16(7-9-17)19-12-28-21(32-19)30-18-10-26-20(27-11-18)13-29-31-14-15-4-2-1-3-5-15/h1-12,29H,13-14H2,(H,28,30). The van der Waals surface area contributed by atoms with Crippen molar-refractivity contribution in [2.45, 2.75) is 19.3 Å². The second kappa shape index (κ2) is 9.58. The number of aromatic nitrogens is 3. The molecule has 0 fully saturated rings. The van der Waals surface area contributed by atoms with Gasteiger partial charge in [0.05, 0.1) is 43.0 Å². The van der Waals surface area contributed by atoms with Crippen molar-refractivity contribution >= 4 is 11.7 Å². The minimum Gasteiger partial charge on any atom is -0.423 e. The third kappa shape index (κ3) is 5.68. The van der Waals surface area contributed by atoms with Gasteiger partial charge >= 0.3 is 6.18 Å². The van der Waals surface area contributed by atoms with Crippen molar-refractivity contribution in [3.05, 3.63) is 90.1 Å². The molecule has 0 bridgehead atoms. The van der Waals surface area contributed by atoms with Crippen LogP contribution >= 0.6 is 0 Å². The summed E-state index contributed by atoms with van der Waals surface area (Å²) in [5.74, 6) is 0.861. The molecule has 0 unspecified atom stereocenters. The highest BCUT2D eigenvalue weighted by molar-refractivity contribution is 5.59. The van der Waals surface area contributed by atoms with Gasteiger partial charge in [-0.1, -0.05) is 42.5 Å². The summed E-state index contributed by atoms with van der Waals surface area (Å²) in [4.78, 5) is 17.9. The van der Waals surface area contributed by atoms with Gasteiger partial charge in [-0.25, -0.2) is 15.0 Å². The Balaban J connectivity index is 1.29. The highest BCUT2D eigenvalue weighted by atomic mass is 19.4. The van der Waals surface area contributed by atoms with Crippen molar-refractivity contribution in [3.63, 3.8) is 0 Å². The molecule has 0 saturated carbocycles. The Bertz CT molecular complexity index is 1130. The summed E-state index contributed by atoms with van der Waals surface area (Å²) in [5, 5.41) is 2.91. The summed E-state index contributed by atoms with van der Waals surface area (Å²) in [6.45, 7) is 0.746. The fourth-order valence-electron chi connectivity index (χ4n) is 2.75. The number of anilines is 2. The van der Waals surface area contributed by atoms with Crippen LogP contribution in [0.5, 0.6) is 0 Å². The molecule has 2 aromatic carbocycles. The van der Waals surface area contributed by atoms with Crippen LogP contribution in [0, 0.1) is 0 Å². The molecule has 164 valence electrons. The normalized spacial score (nSPS) is 11.5. The molecular formula is C22H18F3N5O2. The molecule has 4 aromatic rings. The van der Waals surface area contributed by atoms with Crippen molar-refractivity contribution in [3.8, 4) is 11.3 Å². The molecule has 10 heteroatoms. The summed E-state index contributed by atoms with van der Waals surface area (Å²) in [6, 6.07) is 14.6. The lowest BCUT2D eigenvalue weighted by molar-refractivity contribution is -0.137. The summed E-state index contributed by atoms with van der Waals surface area (Å²) >= 11 is 0. The van der Waals surface area contributed by atoms with Crippen LogP contribution in [-0.4, -0.2) is 15.0 Å². The monoisotopic (exact) mass is 441 g/mol. The van der Waals surface area contributed by atoms with E-state index in [1.165, 1.54) is 18.3 Å². The van der Waals surface area contributed by atoms with Crippen molar-refractivity contribution in [1.29, 1.82) is 0 Å². The molecule has 0 aliphatic rings. The second-order valence-electron chi connectivity index (χ2n) is 6.71. The molecule has 0 amide bonds. The minimum absolute atomic E-state index is 0.167. The molecule has 0 saturated heterocycles. The maximum absolute atomic E-state index is 12.7. The van der Waals surface area contributed by atoms with Crippen molar-refractivity contribution in [2.24, 2.45) is 0 Å². The Hall–Kier alpha value is -3.76. The number of nitrogens with zero attached hydrogens (tertiary/aromatic N) is 3. The number of hydroxylamine groups is 1. The van der Waals surface area contributed by atoms with Crippen LogP contribution < -0.4 is 10.8 Å². The smallest absolute Gasteiger partial charge is 0.416 e. The Morgan fingerprint density at radius 2 is 1.59 bits per heavy atom. The molecule has 32 heavy (non-hydrogen) atoms. The van der Waals surface area contributed by atoms with E-state index in [9.17, 15) is 13.2 Å². The average molecular weight is 441 g/mol. The fourth-order valence-corrected chi connectivity index (χ4v) is 2.75. The number of hydrogen-bond acceptors (Lipinski definition) is 7. The zero-order valence-corrected chi connectivity index (χ0v) is 16.6. The third-order valence-corrected chi connectivity index (χ3v) is 4.37. The van der Waals surface area contributed by atoms with Crippen LogP contribution in [0.15, 0.2) is 77.6 Å². The van der Waals surface area contributed by atoms with Crippen LogP contribution in [0.25, 0.3) is 11.3 Å². The minimum atomic E-state index is -4.39. The predicted octanol–water partition coefficient (Wildman–Crippen LogP) is 5.12. The first-order valence-corrected chi connectivity index (χ1v) is 9.57. The van der Waals surface area contributed by atoms with Crippen LogP contribution in [0.2, 0.25) is 0 Å². The largest absolute Gasteiger partial charge is 0.423 e. The lowest BCUT2D eigenvalue weighted by atomic mass is 10.1. The number of hydrogen-bond donors (Lipinski definition) is 2. The van der Waals surface area contributed by atoms with Gasteiger partial charge in [-0.05, 0) is 17.7 Å². The van der Waals surface area contributed by atoms with Crippen molar-refractivity contribution in [2.75, 3.05) is 5.32 Å². The van der Waals surface area contributed by atoms with Crippen molar-refractivity contribution in [1.82, 2.24) is 20.4 Å². The SMILES string of the molecule is FC(F)(F)c1ccc(-c2cnc(Nc3cnc(CNOCc4ccccc4)nc3)o2)cc1. The maximum atomic E-state index is 12.7. The van der Waals surface area contributed by atoms with E-state index in [4.69, 9.17) is 9.25 Å². The van der Waals surface area contributed by atoms with E-state index in [2.05, 4.69) is 25.7 Å². The number of alkyl halides is 3. The van der Waals surface area contributed by atoms with E-state index in [0.29, 0.717) is 36.0 Å². The number of oxazole rings is 1. The number of nitrogens with one attached hydrogen (secondary N) is 2. The third-order valence-electron chi connectivity index (χ3n) is 4.37. The van der Waals surface area contributed by atoms with Gasteiger partial charge in [-0.3, -0.25) is 4.84 Å². The van der Waals surface area contributed by atoms with E-state index < -0.39 is 11.7 Å². The highest BCUT2D eigenvalue weighted by Crippen LogP contribution is 2.31. The summed E-state index contributed by atoms with van der Waals surface area (Å²) in [6.07, 6.45) is 0.156. The van der Waals surface area contributed by atoms with E-state index in [0.717, 1.165) is 17.7 Å². The molecule has 0 aliphatic heterocycles. The molecule has 0 spiro atoms. The summed E-state index contributed by atoms with van der Waals surface area (Å²) in [5.41, 5.74) is 4.15. The van der Waals surface area contributed by atoms with Gasteiger partial charge in [0.1, 0.15) is 5.82 Å². The highest BCUT2D eigenvalue weighted by Gasteiger charge is 2.30. The van der Waals surface area contributed by atoms with Crippen LogP contribution in [-0.2, 0) is 24.2 Å². The molecule has 0 atom stereocenters. The maximum Gasteiger partial charge on any atom is 0.416 e. The van der Waals surface area contributed by atoms with Gasteiger partial charge in [0.2, 0.25) is 0 Å². The zero-order valence-electron chi connectivity index (χ0n) is 16.6. The van der Waals surface area contributed by atoms with E-state index in [1.807, 2.05) is 30.3 Å². The Morgan fingerprint density at radius 1 is 0.875 bits per heavy atom. The molecule has 2 heterocycles. The van der Waals surface area contributed by atoms with Crippen molar-refractivity contribution < 1.29 is 22.4 Å². The molecule has 7 nitrogen and oxygen atoms in total. The van der Waals surface area contributed by atoms with Gasteiger partial charge in [-0.15, -0.1) is 0 Å². The lowest BCUT2D eigenvalue weighted by Gasteiger charge is -2.06. The molecular weight excluding hydrogens is 423 g/mol. The van der Waals surface area contributed by atoms with Gasteiger partial charge in [-0.2, -0.15) is 18.7 Å². The molecule has 0 radical (unpaired) electrons. The number of benzene rings is 2. The van der Waals surface area contributed by atoms with Crippen LogP contribution in [0.1, 0.15) is 17.0 Å². The first-order chi connectivity index (χ1) is 15.5. The summed E-state index contributed by atoms with van der Waals surface area (Å²) in [7, 11) is 0. The predicted molar refractivity (Wildman–Crippen MR) is 110 cm³/mol. The quantitative estimate of drug-likeness (QED) is 0.290. The number of halogens is 3. The molecule has 4 rings (SSSR count). The molecule has 2 aromatic heterocycles. The average Bonchev–Trinajstić information content (AvgIpc) is 3.26. The van der Waals surface area contributed by atoms with Gasteiger partial charge in [0.15, 0.2) is 5.76 Å². The Labute approximate surface area is 181 Å². The van der Waals surface area contributed by atoms with Gasteiger partial charge in [0, 0.05) is 5.56 Å². The van der Waals surface area contributed by atoms with Crippen LogP contribution in [0.4, 0.5) is 24.9 Å². The van der Waals surface area contributed by atoms with E-state index >= 15 is 0 Å². The van der Waals surface area contributed by atoms with Crippen LogP contribution in [0.3, 0.4) is 0 Å². The molecule has 2 N–H and O–H groups in total. The Kier molecular flexibility index (Phi) is 6.43. The van der Waals surface area contributed by atoms with Gasteiger partial charge in [0.25, 0.3) is 6.01 Å². The zero-order chi connectivity index (χ0) is 22.4. The van der Waals surface area contributed by atoms with E-state index in [-0.39, 0.29) is 6.01 Å². The van der Waals surface area contributed by atoms with E-state index in [1.54, 1.807) is 12.4 Å². The fraction of sp³-hybridized carbons (Fsp3) is 0.136. The topological polar surface area (TPSA) is 85.1 Å². The number of rotatable bonds is 8.